The van der Waals surface area contributed by atoms with Crippen molar-refractivity contribution in [2.75, 3.05) is 19.8 Å². The standard InChI is InChI=1S/C17H20FNO3S2/c18-15-5-3-14(4-6-15)12-24(20,21)19-13-17(7-9-22-10-8-17)16-2-1-11-23-16/h1-6,11,19H,7-10,12-13H2. The number of hydrogen-bond acceptors (Lipinski definition) is 4. The Labute approximate surface area is 145 Å². The summed E-state index contributed by atoms with van der Waals surface area (Å²) in [6.07, 6.45) is 1.60. The van der Waals surface area contributed by atoms with Crippen molar-refractivity contribution < 1.29 is 17.5 Å². The number of benzene rings is 1. The zero-order valence-corrected chi connectivity index (χ0v) is 14.8. The lowest BCUT2D eigenvalue weighted by molar-refractivity contribution is 0.0529. The van der Waals surface area contributed by atoms with Gasteiger partial charge in [-0.3, -0.25) is 0 Å². The second kappa shape index (κ2) is 7.31. The van der Waals surface area contributed by atoms with Crippen molar-refractivity contribution in [3.05, 3.63) is 58.0 Å². The van der Waals surface area contributed by atoms with Crippen LogP contribution in [0.15, 0.2) is 41.8 Å². The minimum atomic E-state index is -3.48. The van der Waals surface area contributed by atoms with Gasteiger partial charge in [-0.2, -0.15) is 0 Å². The van der Waals surface area contributed by atoms with E-state index in [1.54, 1.807) is 11.3 Å². The molecular weight excluding hydrogens is 349 g/mol. The van der Waals surface area contributed by atoms with Crippen molar-refractivity contribution in [3.8, 4) is 0 Å². The molecule has 1 aromatic carbocycles. The van der Waals surface area contributed by atoms with Crippen LogP contribution in [0.1, 0.15) is 23.3 Å². The molecule has 0 spiro atoms. The van der Waals surface area contributed by atoms with Crippen molar-refractivity contribution >= 4 is 21.4 Å². The van der Waals surface area contributed by atoms with Crippen LogP contribution in [-0.4, -0.2) is 28.2 Å². The van der Waals surface area contributed by atoms with Crippen LogP contribution < -0.4 is 4.72 Å². The van der Waals surface area contributed by atoms with Crippen LogP contribution in [0, 0.1) is 5.82 Å². The summed E-state index contributed by atoms with van der Waals surface area (Å²) < 4.78 is 46.0. The van der Waals surface area contributed by atoms with Gasteiger partial charge in [-0.15, -0.1) is 11.3 Å². The van der Waals surface area contributed by atoms with E-state index in [9.17, 15) is 12.8 Å². The molecule has 1 saturated heterocycles. The Balaban J connectivity index is 1.70. The van der Waals surface area contributed by atoms with E-state index in [4.69, 9.17) is 4.74 Å². The van der Waals surface area contributed by atoms with Gasteiger partial charge in [0.25, 0.3) is 0 Å². The smallest absolute Gasteiger partial charge is 0.215 e. The summed E-state index contributed by atoms with van der Waals surface area (Å²) in [6.45, 7) is 1.63. The summed E-state index contributed by atoms with van der Waals surface area (Å²) in [5, 5.41) is 2.01. The summed E-state index contributed by atoms with van der Waals surface area (Å²) in [6, 6.07) is 9.59. The van der Waals surface area contributed by atoms with Gasteiger partial charge in [0.2, 0.25) is 10.0 Å². The molecule has 0 bridgehead atoms. The highest BCUT2D eigenvalue weighted by molar-refractivity contribution is 7.88. The van der Waals surface area contributed by atoms with Gasteiger partial charge in [-0.05, 0) is 42.0 Å². The molecule has 2 aromatic rings. The third-order valence-corrected chi connectivity index (χ3v) is 6.81. The van der Waals surface area contributed by atoms with Gasteiger partial charge < -0.3 is 4.74 Å². The molecule has 1 aromatic heterocycles. The van der Waals surface area contributed by atoms with Crippen molar-refractivity contribution in [1.82, 2.24) is 4.72 Å². The number of thiophene rings is 1. The molecule has 0 saturated carbocycles. The molecule has 2 heterocycles. The Bertz CT molecular complexity index is 752. The van der Waals surface area contributed by atoms with E-state index in [-0.39, 0.29) is 17.0 Å². The first-order valence-corrected chi connectivity index (χ1v) is 10.4. The van der Waals surface area contributed by atoms with Gasteiger partial charge in [0.15, 0.2) is 0 Å². The predicted molar refractivity (Wildman–Crippen MR) is 93.1 cm³/mol. The fourth-order valence-corrected chi connectivity index (χ4v) is 5.17. The zero-order chi connectivity index (χ0) is 17.0. The van der Waals surface area contributed by atoms with E-state index in [1.165, 1.54) is 29.1 Å². The van der Waals surface area contributed by atoms with Crippen LogP contribution in [0.3, 0.4) is 0 Å². The lowest BCUT2D eigenvalue weighted by Gasteiger charge is -2.36. The number of rotatable bonds is 6. The molecule has 4 nitrogen and oxygen atoms in total. The molecule has 0 aliphatic carbocycles. The Kier molecular flexibility index (Phi) is 5.34. The minimum Gasteiger partial charge on any atom is -0.381 e. The van der Waals surface area contributed by atoms with Crippen LogP contribution in [0.2, 0.25) is 0 Å². The topological polar surface area (TPSA) is 55.4 Å². The molecule has 0 radical (unpaired) electrons. The molecule has 0 atom stereocenters. The third kappa shape index (κ3) is 4.22. The van der Waals surface area contributed by atoms with E-state index >= 15 is 0 Å². The maximum atomic E-state index is 12.9. The summed E-state index contributed by atoms with van der Waals surface area (Å²) in [5.41, 5.74) is 0.364. The van der Waals surface area contributed by atoms with Gasteiger partial charge in [-0.1, -0.05) is 18.2 Å². The number of sulfonamides is 1. The highest BCUT2D eigenvalue weighted by Gasteiger charge is 2.36. The SMILES string of the molecule is O=S(=O)(Cc1ccc(F)cc1)NCC1(c2cccs2)CCOCC1. The monoisotopic (exact) mass is 369 g/mol. The van der Waals surface area contributed by atoms with Gasteiger partial charge in [0.05, 0.1) is 5.75 Å². The second-order valence-corrected chi connectivity index (χ2v) is 8.83. The molecule has 24 heavy (non-hydrogen) atoms. The van der Waals surface area contributed by atoms with Crippen molar-refractivity contribution in [1.29, 1.82) is 0 Å². The normalized spacial score (nSPS) is 17.7. The number of hydrogen-bond donors (Lipinski definition) is 1. The molecule has 7 heteroatoms. The van der Waals surface area contributed by atoms with E-state index < -0.39 is 10.0 Å². The van der Waals surface area contributed by atoms with Gasteiger partial charge in [-0.25, -0.2) is 17.5 Å². The zero-order valence-electron chi connectivity index (χ0n) is 13.2. The van der Waals surface area contributed by atoms with E-state index in [2.05, 4.69) is 10.8 Å². The molecule has 1 fully saturated rings. The van der Waals surface area contributed by atoms with E-state index in [0.717, 1.165) is 12.8 Å². The highest BCUT2D eigenvalue weighted by atomic mass is 32.2. The fourth-order valence-electron chi connectivity index (χ4n) is 2.95. The largest absolute Gasteiger partial charge is 0.381 e. The summed E-state index contributed by atoms with van der Waals surface area (Å²) in [5.74, 6) is -0.521. The van der Waals surface area contributed by atoms with E-state index in [1.807, 2.05) is 11.4 Å². The third-order valence-electron chi connectivity index (χ3n) is 4.39. The van der Waals surface area contributed by atoms with Crippen LogP contribution in [0.5, 0.6) is 0 Å². The molecule has 3 rings (SSSR count). The second-order valence-electron chi connectivity index (χ2n) is 6.08. The Morgan fingerprint density at radius 1 is 1.17 bits per heavy atom. The van der Waals surface area contributed by atoms with Crippen LogP contribution in [-0.2, 0) is 25.9 Å². The van der Waals surface area contributed by atoms with Gasteiger partial charge in [0.1, 0.15) is 5.82 Å². The molecule has 0 amide bonds. The molecule has 1 aliphatic rings. The fraction of sp³-hybridized carbons (Fsp3) is 0.412. The van der Waals surface area contributed by atoms with Crippen LogP contribution >= 0.6 is 11.3 Å². The Hall–Kier alpha value is -1.28. The lowest BCUT2D eigenvalue weighted by atomic mass is 9.79. The lowest BCUT2D eigenvalue weighted by Crippen LogP contribution is -2.44. The first-order valence-electron chi connectivity index (χ1n) is 7.83. The molecule has 130 valence electrons. The Morgan fingerprint density at radius 3 is 2.50 bits per heavy atom. The molecule has 0 unspecified atom stereocenters. The minimum absolute atomic E-state index is 0.149. The van der Waals surface area contributed by atoms with Crippen molar-refractivity contribution in [3.63, 3.8) is 0 Å². The predicted octanol–water partition coefficient (Wildman–Crippen LogP) is 3.06. The van der Waals surface area contributed by atoms with Gasteiger partial charge >= 0.3 is 0 Å². The maximum Gasteiger partial charge on any atom is 0.215 e. The molecular formula is C17H20FNO3S2. The summed E-state index contributed by atoms with van der Waals surface area (Å²) in [7, 11) is -3.48. The first-order chi connectivity index (χ1) is 11.5. The number of nitrogens with one attached hydrogen (secondary N) is 1. The van der Waals surface area contributed by atoms with E-state index in [0.29, 0.717) is 25.3 Å². The summed E-state index contributed by atoms with van der Waals surface area (Å²) >= 11 is 1.65. The maximum absolute atomic E-state index is 12.9. The molecule has 1 aliphatic heterocycles. The summed E-state index contributed by atoms with van der Waals surface area (Å²) in [4.78, 5) is 1.19. The average molecular weight is 369 g/mol. The van der Waals surface area contributed by atoms with Gasteiger partial charge in [0, 0.05) is 30.1 Å². The highest BCUT2D eigenvalue weighted by Crippen LogP contribution is 2.37. The number of halogens is 1. The van der Waals surface area contributed by atoms with Crippen molar-refractivity contribution in [2.45, 2.75) is 24.0 Å². The van der Waals surface area contributed by atoms with Crippen LogP contribution in [0.25, 0.3) is 0 Å². The Morgan fingerprint density at radius 2 is 1.88 bits per heavy atom. The quantitative estimate of drug-likeness (QED) is 0.851. The van der Waals surface area contributed by atoms with Crippen LogP contribution in [0.4, 0.5) is 4.39 Å². The average Bonchev–Trinajstić information content (AvgIpc) is 3.11. The van der Waals surface area contributed by atoms with Crippen molar-refractivity contribution in [2.24, 2.45) is 0 Å². The molecule has 1 N–H and O–H groups in total. The number of ether oxygens (including phenoxy) is 1. The first kappa shape index (κ1) is 17.5.